The van der Waals surface area contributed by atoms with E-state index < -0.39 is 0 Å². The van der Waals surface area contributed by atoms with Gasteiger partial charge in [0.05, 0.1) is 6.04 Å². The van der Waals surface area contributed by atoms with Crippen molar-refractivity contribution in [3.8, 4) is 16.9 Å². The minimum Gasteiger partial charge on any atom is -0.488 e. The average molecular weight is 253 g/mol. The van der Waals surface area contributed by atoms with Gasteiger partial charge in [-0.25, -0.2) is 0 Å². The molecule has 2 N–H and O–H groups in total. The summed E-state index contributed by atoms with van der Waals surface area (Å²) in [6.07, 6.45) is 2.24. The van der Waals surface area contributed by atoms with Crippen molar-refractivity contribution in [2.24, 2.45) is 5.73 Å². The monoisotopic (exact) mass is 253 g/mol. The molecule has 0 saturated heterocycles. The molecule has 0 saturated carbocycles. The van der Waals surface area contributed by atoms with Gasteiger partial charge < -0.3 is 10.5 Å². The summed E-state index contributed by atoms with van der Waals surface area (Å²) in [5, 5.41) is 0. The molecule has 0 amide bonds. The number of fused-ring (bicyclic) bond motifs is 1. The van der Waals surface area contributed by atoms with Gasteiger partial charge in [0.15, 0.2) is 0 Å². The molecule has 2 heteroatoms. The Labute approximate surface area is 114 Å². The van der Waals surface area contributed by atoms with Gasteiger partial charge in [-0.2, -0.15) is 0 Å². The molecular weight excluding hydrogens is 234 g/mol. The first-order chi connectivity index (χ1) is 9.29. The van der Waals surface area contributed by atoms with Crippen LogP contribution >= 0.6 is 0 Å². The molecule has 1 heterocycles. The Morgan fingerprint density at radius 1 is 1.05 bits per heavy atom. The molecule has 2 atom stereocenters. The fourth-order valence-electron chi connectivity index (χ4n) is 2.69. The summed E-state index contributed by atoms with van der Waals surface area (Å²) in [7, 11) is 0. The number of hydrogen-bond acceptors (Lipinski definition) is 2. The van der Waals surface area contributed by atoms with Crippen molar-refractivity contribution in [2.45, 2.75) is 31.9 Å². The molecule has 98 valence electrons. The summed E-state index contributed by atoms with van der Waals surface area (Å²) in [4.78, 5) is 0. The second-order valence-electron chi connectivity index (χ2n) is 5.09. The van der Waals surface area contributed by atoms with E-state index >= 15 is 0 Å². The second kappa shape index (κ2) is 5.06. The number of rotatable bonds is 3. The highest BCUT2D eigenvalue weighted by molar-refractivity contribution is 5.66. The smallest absolute Gasteiger partial charge is 0.124 e. The van der Waals surface area contributed by atoms with Crippen molar-refractivity contribution in [1.29, 1.82) is 0 Å². The number of benzene rings is 2. The minimum atomic E-state index is -0.00128. The van der Waals surface area contributed by atoms with Gasteiger partial charge in [-0.3, -0.25) is 0 Å². The Bertz CT molecular complexity index is 565. The molecule has 0 aromatic heterocycles. The Balaban J connectivity index is 1.94. The molecule has 0 spiro atoms. The third-order valence-electron chi connectivity index (χ3n) is 3.73. The van der Waals surface area contributed by atoms with Crippen LogP contribution in [0.1, 0.15) is 31.4 Å². The summed E-state index contributed by atoms with van der Waals surface area (Å²) in [5.74, 6) is 0.950. The predicted molar refractivity (Wildman–Crippen MR) is 78.1 cm³/mol. The van der Waals surface area contributed by atoms with Crippen LogP contribution in [0, 0.1) is 0 Å². The third-order valence-corrected chi connectivity index (χ3v) is 3.73. The molecular formula is C17H19NO. The Hall–Kier alpha value is -1.80. The van der Waals surface area contributed by atoms with Crippen molar-refractivity contribution in [3.63, 3.8) is 0 Å². The molecule has 0 bridgehead atoms. The maximum absolute atomic E-state index is 6.30. The summed E-state index contributed by atoms with van der Waals surface area (Å²) in [6, 6.07) is 16.7. The molecule has 2 aromatic rings. The molecule has 0 fully saturated rings. The maximum atomic E-state index is 6.30. The van der Waals surface area contributed by atoms with E-state index in [2.05, 4.69) is 43.3 Å². The largest absolute Gasteiger partial charge is 0.488 e. The second-order valence-corrected chi connectivity index (χ2v) is 5.09. The van der Waals surface area contributed by atoms with E-state index in [1.54, 1.807) is 0 Å². The van der Waals surface area contributed by atoms with Crippen LogP contribution in [0.5, 0.6) is 5.75 Å². The van der Waals surface area contributed by atoms with Gasteiger partial charge >= 0.3 is 0 Å². The van der Waals surface area contributed by atoms with E-state index in [1.807, 2.05) is 12.1 Å². The fraction of sp³-hybridized carbons (Fsp3) is 0.294. The van der Waals surface area contributed by atoms with Crippen molar-refractivity contribution < 1.29 is 4.74 Å². The van der Waals surface area contributed by atoms with Gasteiger partial charge in [-0.15, -0.1) is 0 Å². The molecule has 0 radical (unpaired) electrons. The van der Waals surface area contributed by atoms with Gasteiger partial charge in [-0.05, 0) is 29.7 Å². The zero-order valence-electron chi connectivity index (χ0n) is 11.2. The van der Waals surface area contributed by atoms with Crippen molar-refractivity contribution >= 4 is 0 Å². The van der Waals surface area contributed by atoms with Gasteiger partial charge in [0.2, 0.25) is 0 Å². The van der Waals surface area contributed by atoms with Gasteiger partial charge in [0.1, 0.15) is 11.9 Å². The first kappa shape index (κ1) is 12.2. The van der Waals surface area contributed by atoms with Crippen LogP contribution in [-0.4, -0.2) is 6.10 Å². The topological polar surface area (TPSA) is 35.2 Å². The quantitative estimate of drug-likeness (QED) is 0.900. The van der Waals surface area contributed by atoms with E-state index in [9.17, 15) is 0 Å². The molecule has 2 nitrogen and oxygen atoms in total. The molecule has 1 aliphatic heterocycles. The highest BCUT2D eigenvalue weighted by Crippen LogP contribution is 2.39. The van der Waals surface area contributed by atoms with E-state index in [1.165, 1.54) is 11.1 Å². The Morgan fingerprint density at radius 2 is 1.84 bits per heavy atom. The lowest BCUT2D eigenvalue weighted by Gasteiger charge is -2.13. The molecule has 2 unspecified atom stereocenters. The number of nitrogens with two attached hydrogens (primary N) is 1. The molecule has 2 aromatic carbocycles. The summed E-state index contributed by atoms with van der Waals surface area (Å²) < 4.78 is 5.93. The summed E-state index contributed by atoms with van der Waals surface area (Å²) in [6.45, 7) is 2.16. The van der Waals surface area contributed by atoms with Crippen LogP contribution in [0.15, 0.2) is 48.5 Å². The SMILES string of the molecule is CCCC1Oc2ccc(-c3ccccc3)cc2C1N. The Kier molecular flexibility index (Phi) is 3.26. The molecule has 1 aliphatic rings. The van der Waals surface area contributed by atoms with E-state index in [4.69, 9.17) is 10.5 Å². The zero-order valence-corrected chi connectivity index (χ0v) is 11.2. The average Bonchev–Trinajstić information content (AvgIpc) is 2.77. The van der Waals surface area contributed by atoms with Crippen LogP contribution in [0.25, 0.3) is 11.1 Å². The van der Waals surface area contributed by atoms with Crippen LogP contribution < -0.4 is 10.5 Å². The first-order valence-electron chi connectivity index (χ1n) is 6.91. The standard InChI is InChI=1S/C17H19NO/c1-2-6-16-17(18)14-11-13(9-10-15(14)19-16)12-7-4-3-5-8-12/h3-5,7-11,16-17H,2,6,18H2,1H3. The maximum Gasteiger partial charge on any atom is 0.124 e. The normalized spacial score (nSPS) is 20.9. The highest BCUT2D eigenvalue weighted by atomic mass is 16.5. The lowest BCUT2D eigenvalue weighted by atomic mass is 9.97. The third kappa shape index (κ3) is 2.24. The molecule has 0 aliphatic carbocycles. The van der Waals surface area contributed by atoms with E-state index in [0.29, 0.717) is 0 Å². The fourth-order valence-corrected chi connectivity index (χ4v) is 2.69. The lowest BCUT2D eigenvalue weighted by Crippen LogP contribution is -2.24. The van der Waals surface area contributed by atoms with Crippen LogP contribution in [0.4, 0.5) is 0 Å². The lowest BCUT2D eigenvalue weighted by molar-refractivity contribution is 0.195. The summed E-state index contributed by atoms with van der Waals surface area (Å²) >= 11 is 0. The zero-order chi connectivity index (χ0) is 13.2. The molecule has 19 heavy (non-hydrogen) atoms. The van der Waals surface area contributed by atoms with Crippen molar-refractivity contribution in [2.75, 3.05) is 0 Å². The molecule has 3 rings (SSSR count). The minimum absolute atomic E-state index is 0.00128. The van der Waals surface area contributed by atoms with Crippen LogP contribution in [0.2, 0.25) is 0 Å². The van der Waals surface area contributed by atoms with Crippen LogP contribution in [0.3, 0.4) is 0 Å². The first-order valence-corrected chi connectivity index (χ1v) is 6.91. The highest BCUT2D eigenvalue weighted by Gasteiger charge is 2.30. The van der Waals surface area contributed by atoms with Gasteiger partial charge in [0, 0.05) is 5.56 Å². The predicted octanol–water partition coefficient (Wildman–Crippen LogP) is 3.91. The Morgan fingerprint density at radius 3 is 2.58 bits per heavy atom. The van der Waals surface area contributed by atoms with Gasteiger partial charge in [0.25, 0.3) is 0 Å². The number of ether oxygens (including phenoxy) is 1. The van der Waals surface area contributed by atoms with E-state index in [0.717, 1.165) is 24.2 Å². The van der Waals surface area contributed by atoms with Crippen LogP contribution in [-0.2, 0) is 0 Å². The van der Waals surface area contributed by atoms with Crippen molar-refractivity contribution in [3.05, 3.63) is 54.1 Å². The van der Waals surface area contributed by atoms with Gasteiger partial charge in [-0.1, -0.05) is 49.7 Å². The van der Waals surface area contributed by atoms with E-state index in [-0.39, 0.29) is 12.1 Å². The summed E-state index contributed by atoms with van der Waals surface area (Å²) in [5.41, 5.74) is 9.86. The number of hydrogen-bond donors (Lipinski definition) is 1. The van der Waals surface area contributed by atoms with Crippen molar-refractivity contribution in [1.82, 2.24) is 0 Å².